The first kappa shape index (κ1) is 9.15. The molecule has 0 radical (unpaired) electrons. The molecule has 0 unspecified atom stereocenters. The molecule has 4 heteroatoms. The van der Waals surface area contributed by atoms with Gasteiger partial charge in [-0.2, -0.15) is 0 Å². The number of aromatic amines is 1. The molecule has 14 heavy (non-hydrogen) atoms. The highest BCUT2D eigenvalue weighted by Gasteiger charge is 2.03. The maximum absolute atomic E-state index is 11.3. The molecule has 2 aromatic heterocycles. The lowest BCUT2D eigenvalue weighted by Crippen LogP contribution is -2.04. The zero-order valence-electron chi connectivity index (χ0n) is 7.61. The molecule has 0 aromatic carbocycles. The third-order valence-electron chi connectivity index (χ3n) is 1.84. The predicted molar refractivity (Wildman–Crippen MR) is 56.5 cm³/mol. The summed E-state index contributed by atoms with van der Waals surface area (Å²) in [5.74, 6) is 0.679. The average Bonchev–Trinajstić information content (AvgIpc) is 2.69. The smallest absolute Gasteiger partial charge is 0.249 e. The molecule has 0 saturated carbocycles. The lowest BCUT2D eigenvalue weighted by molar-refractivity contribution is 0.579. The van der Waals surface area contributed by atoms with E-state index in [1.165, 1.54) is 11.8 Å². The molecule has 0 fully saturated rings. The van der Waals surface area contributed by atoms with Gasteiger partial charge >= 0.3 is 0 Å². The number of furan rings is 1. The third-order valence-corrected chi connectivity index (χ3v) is 2.55. The molecule has 1 N–H and O–H groups in total. The van der Waals surface area contributed by atoms with Gasteiger partial charge in [0.15, 0.2) is 0 Å². The van der Waals surface area contributed by atoms with E-state index in [1.54, 1.807) is 18.4 Å². The molecule has 0 aliphatic rings. The number of hydrogen-bond acceptors (Lipinski definition) is 3. The summed E-state index contributed by atoms with van der Waals surface area (Å²) < 4.78 is 5.19. The number of nitrogens with one attached hydrogen (secondary N) is 1. The second-order valence-corrected chi connectivity index (χ2v) is 3.66. The summed E-state index contributed by atoms with van der Waals surface area (Å²) >= 11 is 1.53. The van der Waals surface area contributed by atoms with E-state index in [0.29, 0.717) is 11.5 Å². The Kier molecular flexibility index (Phi) is 2.45. The minimum absolute atomic E-state index is 0.108. The Labute approximate surface area is 85.2 Å². The Morgan fingerprint density at radius 1 is 1.43 bits per heavy atom. The van der Waals surface area contributed by atoms with Gasteiger partial charge in [0.1, 0.15) is 5.76 Å². The van der Waals surface area contributed by atoms with Crippen molar-refractivity contribution < 1.29 is 4.42 Å². The van der Waals surface area contributed by atoms with E-state index < -0.39 is 0 Å². The van der Waals surface area contributed by atoms with Crippen molar-refractivity contribution in [3.63, 3.8) is 0 Å². The number of pyridine rings is 1. The van der Waals surface area contributed by atoms with Gasteiger partial charge in [-0.05, 0) is 24.5 Å². The van der Waals surface area contributed by atoms with Crippen molar-refractivity contribution in [2.75, 3.05) is 6.26 Å². The Morgan fingerprint density at radius 3 is 2.93 bits per heavy atom. The van der Waals surface area contributed by atoms with E-state index in [0.717, 1.165) is 4.90 Å². The molecular weight excluding hydrogens is 198 g/mol. The molecule has 0 aliphatic heterocycles. The highest BCUT2D eigenvalue weighted by Crippen LogP contribution is 2.20. The monoisotopic (exact) mass is 207 g/mol. The van der Waals surface area contributed by atoms with Gasteiger partial charge in [0.05, 0.1) is 12.0 Å². The number of rotatable bonds is 2. The highest BCUT2D eigenvalue weighted by molar-refractivity contribution is 7.98. The van der Waals surface area contributed by atoms with Crippen LogP contribution < -0.4 is 5.56 Å². The molecule has 3 nitrogen and oxygen atoms in total. The van der Waals surface area contributed by atoms with Gasteiger partial charge in [-0.1, -0.05) is 0 Å². The van der Waals surface area contributed by atoms with E-state index >= 15 is 0 Å². The van der Waals surface area contributed by atoms with Gasteiger partial charge < -0.3 is 9.40 Å². The van der Waals surface area contributed by atoms with Crippen LogP contribution >= 0.6 is 11.8 Å². The molecule has 0 aliphatic carbocycles. The van der Waals surface area contributed by atoms with E-state index in [9.17, 15) is 4.79 Å². The van der Waals surface area contributed by atoms with E-state index in [1.807, 2.05) is 18.4 Å². The molecular formula is C10H9NO2S. The molecule has 2 rings (SSSR count). The van der Waals surface area contributed by atoms with E-state index in [2.05, 4.69) is 4.98 Å². The topological polar surface area (TPSA) is 46.0 Å². The Morgan fingerprint density at radius 2 is 2.29 bits per heavy atom. The van der Waals surface area contributed by atoms with Crippen molar-refractivity contribution in [1.29, 1.82) is 0 Å². The molecule has 0 atom stereocenters. The summed E-state index contributed by atoms with van der Waals surface area (Å²) in [6, 6.07) is 7.07. The van der Waals surface area contributed by atoms with Crippen LogP contribution in [0.5, 0.6) is 0 Å². The minimum atomic E-state index is -0.108. The molecule has 2 aromatic rings. The zero-order chi connectivity index (χ0) is 9.97. The van der Waals surface area contributed by atoms with E-state index in [4.69, 9.17) is 4.42 Å². The SMILES string of the molecule is CSc1cc(-c2ccco2)[nH]c(=O)c1. The largest absolute Gasteiger partial charge is 0.463 e. The van der Waals surface area contributed by atoms with Gasteiger partial charge in [-0.25, -0.2) is 0 Å². The van der Waals surface area contributed by atoms with Crippen LogP contribution in [0.1, 0.15) is 0 Å². The number of hydrogen-bond donors (Lipinski definition) is 1. The Hall–Kier alpha value is -1.42. The number of aromatic nitrogens is 1. The molecule has 0 amide bonds. The van der Waals surface area contributed by atoms with Gasteiger partial charge in [0.2, 0.25) is 5.56 Å². The normalized spacial score (nSPS) is 10.4. The number of thioether (sulfide) groups is 1. The van der Waals surface area contributed by atoms with Crippen LogP contribution in [0.15, 0.2) is 44.6 Å². The fourth-order valence-electron chi connectivity index (χ4n) is 1.20. The molecule has 0 bridgehead atoms. The molecule has 0 spiro atoms. The summed E-state index contributed by atoms with van der Waals surface area (Å²) in [6.45, 7) is 0. The first-order valence-corrected chi connectivity index (χ1v) is 5.34. The van der Waals surface area contributed by atoms with Crippen molar-refractivity contribution >= 4 is 11.8 Å². The standard InChI is InChI=1S/C10H9NO2S/c1-14-7-5-8(11-10(12)6-7)9-3-2-4-13-9/h2-6H,1H3,(H,11,12). The van der Waals surface area contributed by atoms with Crippen LogP contribution in [-0.2, 0) is 0 Å². The predicted octanol–water partition coefficient (Wildman–Crippen LogP) is 2.36. The second-order valence-electron chi connectivity index (χ2n) is 2.78. The Bertz CT molecular complexity index is 473. The summed E-state index contributed by atoms with van der Waals surface area (Å²) in [4.78, 5) is 14.9. The lowest BCUT2D eigenvalue weighted by Gasteiger charge is -1.99. The summed E-state index contributed by atoms with van der Waals surface area (Å²) in [5.41, 5.74) is 0.607. The second kappa shape index (κ2) is 3.75. The maximum Gasteiger partial charge on any atom is 0.249 e. The van der Waals surface area contributed by atoms with Crippen molar-refractivity contribution in [3.8, 4) is 11.5 Å². The van der Waals surface area contributed by atoms with Crippen LogP contribution in [0.2, 0.25) is 0 Å². The van der Waals surface area contributed by atoms with E-state index in [-0.39, 0.29) is 5.56 Å². The average molecular weight is 207 g/mol. The molecule has 2 heterocycles. The zero-order valence-corrected chi connectivity index (χ0v) is 8.43. The van der Waals surface area contributed by atoms with Crippen LogP contribution in [0.3, 0.4) is 0 Å². The molecule has 0 saturated heterocycles. The van der Waals surface area contributed by atoms with Gasteiger partial charge in [-0.15, -0.1) is 11.8 Å². The van der Waals surface area contributed by atoms with Crippen LogP contribution in [0.25, 0.3) is 11.5 Å². The van der Waals surface area contributed by atoms with Gasteiger partial charge in [-0.3, -0.25) is 4.79 Å². The summed E-state index contributed by atoms with van der Waals surface area (Å²) in [5, 5.41) is 0. The summed E-state index contributed by atoms with van der Waals surface area (Å²) in [7, 11) is 0. The fraction of sp³-hybridized carbons (Fsp3) is 0.100. The lowest BCUT2D eigenvalue weighted by atomic mass is 10.3. The van der Waals surface area contributed by atoms with Crippen molar-refractivity contribution in [2.45, 2.75) is 4.90 Å². The summed E-state index contributed by atoms with van der Waals surface area (Å²) in [6.07, 6.45) is 3.51. The minimum Gasteiger partial charge on any atom is -0.463 e. The van der Waals surface area contributed by atoms with Crippen molar-refractivity contribution in [3.05, 3.63) is 40.9 Å². The first-order valence-electron chi connectivity index (χ1n) is 4.12. The van der Waals surface area contributed by atoms with Crippen molar-refractivity contribution in [1.82, 2.24) is 4.98 Å². The maximum atomic E-state index is 11.3. The number of H-pyrrole nitrogens is 1. The first-order chi connectivity index (χ1) is 6.79. The third kappa shape index (κ3) is 1.75. The van der Waals surface area contributed by atoms with Crippen molar-refractivity contribution in [2.24, 2.45) is 0 Å². The van der Waals surface area contributed by atoms with Crippen LogP contribution in [0, 0.1) is 0 Å². The van der Waals surface area contributed by atoms with Gasteiger partial charge in [0, 0.05) is 11.0 Å². The Balaban J connectivity index is 2.54. The quantitative estimate of drug-likeness (QED) is 0.769. The van der Waals surface area contributed by atoms with Gasteiger partial charge in [0.25, 0.3) is 0 Å². The van der Waals surface area contributed by atoms with Crippen LogP contribution in [0.4, 0.5) is 0 Å². The fourth-order valence-corrected chi connectivity index (χ4v) is 1.66. The molecule has 72 valence electrons. The highest BCUT2D eigenvalue weighted by atomic mass is 32.2. The van der Waals surface area contributed by atoms with Crippen LogP contribution in [-0.4, -0.2) is 11.2 Å².